The third kappa shape index (κ3) is 6.03. The van der Waals surface area contributed by atoms with Gasteiger partial charge in [0.15, 0.2) is 0 Å². The van der Waals surface area contributed by atoms with E-state index in [9.17, 15) is 4.79 Å². The second-order valence-electron chi connectivity index (χ2n) is 5.31. The molecule has 1 saturated heterocycles. The molecule has 0 radical (unpaired) electrons. The van der Waals surface area contributed by atoms with E-state index in [0.717, 1.165) is 13.1 Å². The smallest absolute Gasteiger partial charge is 0.221 e. The highest BCUT2D eigenvalue weighted by molar-refractivity contribution is 5.76. The summed E-state index contributed by atoms with van der Waals surface area (Å²) >= 11 is 0. The van der Waals surface area contributed by atoms with Crippen LogP contribution in [0.15, 0.2) is 0 Å². The normalized spacial score (nSPS) is 21.8. The maximum absolute atomic E-state index is 11.4. The topological polar surface area (TPSA) is 44.4 Å². The SMILES string of the molecule is CC(C)NC(=O)CCNCC1CCCCN1C. The van der Waals surface area contributed by atoms with Gasteiger partial charge in [0.05, 0.1) is 0 Å². The van der Waals surface area contributed by atoms with Crippen LogP contribution < -0.4 is 10.6 Å². The molecule has 1 amide bonds. The molecule has 0 aromatic heterocycles. The summed E-state index contributed by atoms with van der Waals surface area (Å²) in [6.45, 7) is 6.97. The van der Waals surface area contributed by atoms with Gasteiger partial charge >= 0.3 is 0 Å². The number of hydrogen-bond acceptors (Lipinski definition) is 3. The van der Waals surface area contributed by atoms with E-state index < -0.39 is 0 Å². The predicted octanol–water partition coefficient (Wildman–Crippen LogP) is 0.975. The Bertz CT molecular complexity index is 231. The standard InChI is InChI=1S/C13H27N3O/c1-11(2)15-13(17)7-8-14-10-12-6-4-5-9-16(12)3/h11-12,14H,4-10H2,1-3H3,(H,15,17). The molecular weight excluding hydrogens is 214 g/mol. The van der Waals surface area contributed by atoms with Gasteiger partial charge in [-0.2, -0.15) is 0 Å². The summed E-state index contributed by atoms with van der Waals surface area (Å²) in [5.74, 6) is 0.143. The average Bonchev–Trinajstić information content (AvgIpc) is 2.25. The molecule has 0 aromatic rings. The molecule has 0 spiro atoms. The van der Waals surface area contributed by atoms with Gasteiger partial charge in [0.1, 0.15) is 0 Å². The van der Waals surface area contributed by atoms with Crippen LogP contribution in [0.2, 0.25) is 0 Å². The summed E-state index contributed by atoms with van der Waals surface area (Å²) in [5, 5.41) is 6.29. The molecule has 17 heavy (non-hydrogen) atoms. The van der Waals surface area contributed by atoms with Crippen molar-refractivity contribution in [2.24, 2.45) is 0 Å². The van der Waals surface area contributed by atoms with Crippen molar-refractivity contribution < 1.29 is 4.79 Å². The molecule has 1 heterocycles. The maximum atomic E-state index is 11.4. The van der Waals surface area contributed by atoms with Gasteiger partial charge in [-0.25, -0.2) is 0 Å². The number of nitrogens with one attached hydrogen (secondary N) is 2. The fourth-order valence-electron chi connectivity index (χ4n) is 2.27. The van der Waals surface area contributed by atoms with Gasteiger partial charge in [-0.1, -0.05) is 6.42 Å². The number of likely N-dealkylation sites (N-methyl/N-ethyl adjacent to an activating group) is 1. The Labute approximate surface area is 105 Å². The summed E-state index contributed by atoms with van der Waals surface area (Å²) in [5.41, 5.74) is 0. The number of nitrogens with zero attached hydrogens (tertiary/aromatic N) is 1. The molecule has 1 rings (SSSR count). The van der Waals surface area contributed by atoms with Gasteiger partial charge in [0.25, 0.3) is 0 Å². The van der Waals surface area contributed by atoms with Crippen LogP contribution >= 0.6 is 0 Å². The number of likely N-dealkylation sites (tertiary alicyclic amines) is 1. The second kappa shape index (κ2) is 7.67. The van der Waals surface area contributed by atoms with E-state index in [2.05, 4.69) is 22.6 Å². The summed E-state index contributed by atoms with van der Waals surface area (Å²) in [4.78, 5) is 13.8. The van der Waals surface area contributed by atoms with E-state index in [0.29, 0.717) is 12.5 Å². The van der Waals surface area contributed by atoms with Crippen molar-refractivity contribution in [3.8, 4) is 0 Å². The minimum absolute atomic E-state index is 0.143. The van der Waals surface area contributed by atoms with Gasteiger partial charge in [-0.15, -0.1) is 0 Å². The third-order valence-electron chi connectivity index (χ3n) is 3.28. The summed E-state index contributed by atoms with van der Waals surface area (Å²) in [7, 11) is 2.19. The van der Waals surface area contributed by atoms with Crippen LogP contribution in [0.1, 0.15) is 39.5 Å². The van der Waals surface area contributed by atoms with Crippen molar-refractivity contribution in [2.45, 2.75) is 51.6 Å². The Balaban J connectivity index is 2.05. The Kier molecular flexibility index (Phi) is 6.52. The predicted molar refractivity (Wildman–Crippen MR) is 71.0 cm³/mol. The van der Waals surface area contributed by atoms with Crippen molar-refractivity contribution in [3.05, 3.63) is 0 Å². The molecule has 100 valence electrons. The minimum Gasteiger partial charge on any atom is -0.354 e. The highest BCUT2D eigenvalue weighted by Gasteiger charge is 2.17. The molecule has 2 N–H and O–H groups in total. The molecular formula is C13H27N3O. The number of carbonyl (C=O) groups is 1. The van der Waals surface area contributed by atoms with Crippen molar-refractivity contribution in [2.75, 3.05) is 26.7 Å². The lowest BCUT2D eigenvalue weighted by molar-refractivity contribution is -0.121. The molecule has 1 fully saturated rings. The number of rotatable bonds is 6. The van der Waals surface area contributed by atoms with Crippen LogP contribution in [0.4, 0.5) is 0 Å². The van der Waals surface area contributed by atoms with Crippen molar-refractivity contribution in [1.29, 1.82) is 0 Å². The van der Waals surface area contributed by atoms with Gasteiger partial charge in [0.2, 0.25) is 5.91 Å². The van der Waals surface area contributed by atoms with Crippen LogP contribution in [0.25, 0.3) is 0 Å². The highest BCUT2D eigenvalue weighted by Crippen LogP contribution is 2.13. The first kappa shape index (κ1) is 14.5. The molecule has 1 atom stereocenters. The van der Waals surface area contributed by atoms with Crippen molar-refractivity contribution in [1.82, 2.24) is 15.5 Å². The van der Waals surface area contributed by atoms with E-state index in [1.54, 1.807) is 0 Å². The zero-order valence-corrected chi connectivity index (χ0v) is 11.5. The van der Waals surface area contributed by atoms with Gasteiger partial charge in [0, 0.05) is 31.6 Å². The fourth-order valence-corrected chi connectivity index (χ4v) is 2.27. The molecule has 0 saturated carbocycles. The average molecular weight is 241 g/mol. The summed E-state index contributed by atoms with van der Waals surface area (Å²) in [6.07, 6.45) is 4.52. The van der Waals surface area contributed by atoms with Gasteiger partial charge in [-0.3, -0.25) is 4.79 Å². The zero-order valence-electron chi connectivity index (χ0n) is 11.5. The lowest BCUT2D eigenvalue weighted by Gasteiger charge is -2.32. The number of hydrogen-bond donors (Lipinski definition) is 2. The number of amides is 1. The first-order valence-corrected chi connectivity index (χ1v) is 6.80. The molecule has 1 unspecified atom stereocenters. The molecule has 0 aliphatic carbocycles. The molecule has 4 heteroatoms. The lowest BCUT2D eigenvalue weighted by Crippen LogP contribution is -2.43. The molecule has 4 nitrogen and oxygen atoms in total. The molecule has 1 aliphatic rings. The van der Waals surface area contributed by atoms with Crippen LogP contribution in [-0.2, 0) is 4.79 Å². The molecule has 0 aromatic carbocycles. The van der Waals surface area contributed by atoms with E-state index in [1.165, 1.54) is 25.8 Å². The third-order valence-corrected chi connectivity index (χ3v) is 3.28. The largest absolute Gasteiger partial charge is 0.354 e. The lowest BCUT2D eigenvalue weighted by atomic mass is 10.0. The Morgan fingerprint density at radius 1 is 1.41 bits per heavy atom. The summed E-state index contributed by atoms with van der Waals surface area (Å²) < 4.78 is 0. The molecule has 1 aliphatic heterocycles. The molecule has 0 bridgehead atoms. The summed E-state index contributed by atoms with van der Waals surface area (Å²) in [6, 6.07) is 0.892. The number of carbonyl (C=O) groups excluding carboxylic acids is 1. The minimum atomic E-state index is 0.143. The zero-order chi connectivity index (χ0) is 12.7. The highest BCUT2D eigenvalue weighted by atomic mass is 16.1. The van der Waals surface area contributed by atoms with Crippen LogP contribution in [0.3, 0.4) is 0 Å². The quantitative estimate of drug-likeness (QED) is 0.681. The Morgan fingerprint density at radius 2 is 2.18 bits per heavy atom. The van der Waals surface area contributed by atoms with Gasteiger partial charge < -0.3 is 15.5 Å². The van der Waals surface area contributed by atoms with Crippen LogP contribution in [0.5, 0.6) is 0 Å². The van der Waals surface area contributed by atoms with Crippen molar-refractivity contribution >= 4 is 5.91 Å². The van der Waals surface area contributed by atoms with E-state index in [4.69, 9.17) is 0 Å². The second-order valence-corrected chi connectivity index (χ2v) is 5.31. The van der Waals surface area contributed by atoms with E-state index in [1.807, 2.05) is 13.8 Å². The first-order chi connectivity index (χ1) is 8.09. The first-order valence-electron chi connectivity index (χ1n) is 6.80. The Morgan fingerprint density at radius 3 is 2.82 bits per heavy atom. The maximum Gasteiger partial charge on any atom is 0.221 e. The van der Waals surface area contributed by atoms with E-state index in [-0.39, 0.29) is 11.9 Å². The van der Waals surface area contributed by atoms with Gasteiger partial charge in [-0.05, 0) is 40.3 Å². The number of piperidine rings is 1. The van der Waals surface area contributed by atoms with Crippen molar-refractivity contribution in [3.63, 3.8) is 0 Å². The van der Waals surface area contributed by atoms with Crippen LogP contribution in [-0.4, -0.2) is 49.6 Å². The fraction of sp³-hybridized carbons (Fsp3) is 0.923. The van der Waals surface area contributed by atoms with E-state index >= 15 is 0 Å². The van der Waals surface area contributed by atoms with Crippen LogP contribution in [0, 0.1) is 0 Å². The monoisotopic (exact) mass is 241 g/mol. The Hall–Kier alpha value is -0.610.